The Morgan fingerprint density at radius 1 is 0.700 bits per heavy atom. The number of carboxylic acids is 2. The minimum Gasteiger partial charge on any atom is -0.478 e. The lowest BCUT2D eigenvalue weighted by Gasteiger charge is -2.54. The third-order valence-electron chi connectivity index (χ3n) is 9.24. The molecule has 4 heteroatoms. The van der Waals surface area contributed by atoms with Gasteiger partial charge >= 0.3 is 11.9 Å². The van der Waals surface area contributed by atoms with Gasteiger partial charge in [-0.3, -0.25) is 0 Å². The minimum atomic E-state index is -1.16. The number of carboxylic acid groups (broad SMARTS) is 2. The molecule has 0 bridgehead atoms. The number of aromatic carboxylic acids is 2. The van der Waals surface area contributed by atoms with Gasteiger partial charge in [0.15, 0.2) is 0 Å². The van der Waals surface area contributed by atoms with Crippen molar-refractivity contribution in [3.63, 3.8) is 0 Å². The Kier molecular flexibility index (Phi) is 5.62. The van der Waals surface area contributed by atoms with E-state index in [1.54, 1.807) is 6.07 Å². The normalized spacial score (nSPS) is 30.6. The van der Waals surface area contributed by atoms with E-state index < -0.39 is 17.4 Å². The van der Waals surface area contributed by atoms with Crippen LogP contribution in [0.1, 0.15) is 125 Å². The summed E-state index contributed by atoms with van der Waals surface area (Å²) in [6.45, 7) is 13.5. The molecule has 0 heterocycles. The fraction of sp³-hybridized carbons (Fsp3) is 0.692. The van der Waals surface area contributed by atoms with Crippen LogP contribution in [0.4, 0.5) is 0 Å². The molecule has 0 spiro atoms. The lowest BCUT2D eigenvalue weighted by Crippen LogP contribution is -2.48. The van der Waals surface area contributed by atoms with Crippen LogP contribution in [0.15, 0.2) is 12.1 Å². The first kappa shape index (κ1) is 22.8. The lowest BCUT2D eigenvalue weighted by atomic mass is 9.49. The van der Waals surface area contributed by atoms with Gasteiger partial charge < -0.3 is 10.2 Å². The summed E-state index contributed by atoms with van der Waals surface area (Å²) in [4.78, 5) is 24.6. The van der Waals surface area contributed by atoms with Gasteiger partial charge in [-0.25, -0.2) is 9.59 Å². The molecule has 4 nitrogen and oxygen atoms in total. The molecule has 2 aliphatic carbocycles. The first-order valence-corrected chi connectivity index (χ1v) is 11.4. The third kappa shape index (κ3) is 3.27. The van der Waals surface area contributed by atoms with Gasteiger partial charge in [0.2, 0.25) is 0 Å². The van der Waals surface area contributed by atoms with Crippen molar-refractivity contribution in [2.45, 2.75) is 104 Å². The molecule has 0 radical (unpaired) electrons. The molecule has 0 aromatic heterocycles. The van der Waals surface area contributed by atoms with Crippen LogP contribution in [0, 0.1) is 10.8 Å². The van der Waals surface area contributed by atoms with E-state index in [0.717, 1.165) is 56.1 Å². The van der Waals surface area contributed by atoms with Crippen LogP contribution in [-0.4, -0.2) is 22.2 Å². The van der Waals surface area contributed by atoms with Crippen molar-refractivity contribution in [3.8, 4) is 0 Å². The number of rotatable bonds is 4. The van der Waals surface area contributed by atoms with Crippen molar-refractivity contribution in [2.24, 2.45) is 10.8 Å². The zero-order valence-electron chi connectivity index (χ0n) is 19.5. The smallest absolute Gasteiger partial charge is 0.336 e. The topological polar surface area (TPSA) is 74.6 Å². The molecule has 1 aromatic carbocycles. The van der Waals surface area contributed by atoms with Crippen LogP contribution >= 0.6 is 0 Å². The second-order valence-electron chi connectivity index (χ2n) is 11.4. The Morgan fingerprint density at radius 3 is 1.60 bits per heavy atom. The van der Waals surface area contributed by atoms with Gasteiger partial charge in [-0.1, -0.05) is 73.3 Å². The molecular weight excluding hydrogens is 376 g/mol. The zero-order chi connectivity index (χ0) is 22.5. The molecule has 30 heavy (non-hydrogen) atoms. The SMILES string of the molecule is CC1(C)CCCCC1(C)c1ccc(C(=O)O)c(C(=O)O)c1C1(C)CCCCC1(C)C. The van der Waals surface area contributed by atoms with Gasteiger partial charge in [0.05, 0.1) is 11.1 Å². The van der Waals surface area contributed by atoms with Gasteiger partial charge in [-0.2, -0.15) is 0 Å². The molecule has 2 unspecified atom stereocenters. The summed E-state index contributed by atoms with van der Waals surface area (Å²) in [7, 11) is 0. The van der Waals surface area contributed by atoms with Gasteiger partial charge in [0, 0.05) is 0 Å². The number of hydrogen-bond acceptors (Lipinski definition) is 2. The highest BCUT2D eigenvalue weighted by atomic mass is 16.4. The van der Waals surface area contributed by atoms with Crippen LogP contribution < -0.4 is 0 Å². The van der Waals surface area contributed by atoms with Crippen molar-refractivity contribution < 1.29 is 19.8 Å². The van der Waals surface area contributed by atoms with Crippen molar-refractivity contribution >= 4 is 11.9 Å². The molecule has 2 fully saturated rings. The predicted molar refractivity (Wildman–Crippen MR) is 120 cm³/mol. The summed E-state index contributed by atoms with van der Waals surface area (Å²) < 4.78 is 0. The van der Waals surface area contributed by atoms with Crippen LogP contribution in [0.2, 0.25) is 0 Å². The molecular formula is C26H38O4. The average Bonchev–Trinajstić information content (AvgIpc) is 2.65. The van der Waals surface area contributed by atoms with E-state index >= 15 is 0 Å². The molecule has 2 atom stereocenters. The van der Waals surface area contributed by atoms with Crippen molar-refractivity contribution in [3.05, 3.63) is 34.4 Å². The summed E-state index contributed by atoms with van der Waals surface area (Å²) in [5.74, 6) is -2.28. The Balaban J connectivity index is 2.44. The minimum absolute atomic E-state index is 0.00961. The standard InChI is InChI=1S/C26H38O4/c1-23(2)13-7-9-15-25(23,5)18-12-11-17(21(27)28)19(22(29)30)20(18)26(6)16-10-8-14-24(26,3)4/h11-12H,7-10,13-16H2,1-6H3,(H,27,28)(H,29,30). The number of benzene rings is 1. The maximum Gasteiger partial charge on any atom is 0.336 e. The summed E-state index contributed by atoms with van der Waals surface area (Å²) in [6.07, 6.45) is 8.44. The van der Waals surface area contributed by atoms with Crippen molar-refractivity contribution in [1.29, 1.82) is 0 Å². The highest BCUT2D eigenvalue weighted by Crippen LogP contribution is 2.59. The highest BCUT2D eigenvalue weighted by Gasteiger charge is 2.52. The van der Waals surface area contributed by atoms with Crippen LogP contribution in [-0.2, 0) is 10.8 Å². The second kappa shape index (κ2) is 7.39. The summed E-state index contributed by atoms with van der Waals surface area (Å²) in [5, 5.41) is 20.1. The summed E-state index contributed by atoms with van der Waals surface area (Å²) in [5.41, 5.74) is 1.09. The predicted octanol–water partition coefficient (Wildman–Crippen LogP) is 6.80. The molecule has 3 rings (SSSR count). The fourth-order valence-electron chi connectivity index (χ4n) is 6.32. The van der Waals surface area contributed by atoms with Crippen LogP contribution in [0.25, 0.3) is 0 Å². The Hall–Kier alpha value is -1.84. The van der Waals surface area contributed by atoms with Crippen LogP contribution in [0.5, 0.6) is 0 Å². The van der Waals surface area contributed by atoms with E-state index in [-0.39, 0.29) is 27.4 Å². The maximum atomic E-state index is 12.6. The molecule has 0 amide bonds. The van der Waals surface area contributed by atoms with Gasteiger partial charge in [0.1, 0.15) is 0 Å². The van der Waals surface area contributed by atoms with Gasteiger partial charge in [-0.15, -0.1) is 0 Å². The summed E-state index contributed by atoms with van der Waals surface area (Å²) >= 11 is 0. The van der Waals surface area contributed by atoms with E-state index in [9.17, 15) is 19.8 Å². The van der Waals surface area contributed by atoms with Crippen molar-refractivity contribution in [1.82, 2.24) is 0 Å². The van der Waals surface area contributed by atoms with Gasteiger partial charge in [0.25, 0.3) is 0 Å². The molecule has 1 aromatic rings. The number of carbonyl (C=O) groups is 2. The molecule has 0 aliphatic heterocycles. The first-order valence-electron chi connectivity index (χ1n) is 11.4. The van der Waals surface area contributed by atoms with Crippen molar-refractivity contribution in [2.75, 3.05) is 0 Å². The Morgan fingerprint density at radius 2 is 1.17 bits per heavy atom. The Labute approximate surface area is 181 Å². The summed E-state index contributed by atoms with van der Waals surface area (Å²) in [6, 6.07) is 3.49. The van der Waals surface area contributed by atoms with Crippen LogP contribution in [0.3, 0.4) is 0 Å². The van der Waals surface area contributed by atoms with Gasteiger partial charge in [-0.05, 0) is 64.5 Å². The first-order chi connectivity index (χ1) is 13.8. The zero-order valence-corrected chi connectivity index (χ0v) is 19.5. The van der Waals surface area contributed by atoms with E-state index in [0.29, 0.717) is 0 Å². The van der Waals surface area contributed by atoms with E-state index in [2.05, 4.69) is 41.5 Å². The quantitative estimate of drug-likeness (QED) is 0.568. The molecule has 0 saturated heterocycles. The fourth-order valence-corrected chi connectivity index (χ4v) is 6.32. The third-order valence-corrected chi connectivity index (χ3v) is 9.24. The average molecular weight is 415 g/mol. The maximum absolute atomic E-state index is 12.6. The number of hydrogen-bond donors (Lipinski definition) is 2. The molecule has 2 aliphatic rings. The second-order valence-corrected chi connectivity index (χ2v) is 11.4. The Bertz CT molecular complexity index is 866. The van der Waals surface area contributed by atoms with E-state index in [4.69, 9.17) is 0 Å². The lowest BCUT2D eigenvalue weighted by molar-refractivity contribution is 0.0628. The van der Waals surface area contributed by atoms with E-state index in [1.807, 2.05) is 6.07 Å². The largest absolute Gasteiger partial charge is 0.478 e. The van der Waals surface area contributed by atoms with E-state index in [1.165, 1.54) is 6.42 Å². The molecule has 166 valence electrons. The molecule has 2 N–H and O–H groups in total. The molecule has 2 saturated carbocycles. The monoisotopic (exact) mass is 414 g/mol. The highest BCUT2D eigenvalue weighted by molar-refractivity contribution is 6.03.